The lowest BCUT2D eigenvalue weighted by Crippen LogP contribution is -2.37. The van der Waals surface area contributed by atoms with Gasteiger partial charge in [-0.15, -0.1) is 5.10 Å². The predicted molar refractivity (Wildman–Crippen MR) is 102 cm³/mol. The molecule has 0 radical (unpaired) electrons. The number of carbonyl (C=O) groups excluding carboxylic acids is 2. The summed E-state index contributed by atoms with van der Waals surface area (Å²) in [5.74, 6) is 4.56. The van der Waals surface area contributed by atoms with Crippen LogP contribution in [-0.4, -0.2) is 68.2 Å². The van der Waals surface area contributed by atoms with Crippen molar-refractivity contribution in [1.29, 1.82) is 0 Å². The average Bonchev–Trinajstić information content (AvgIpc) is 3.26. The summed E-state index contributed by atoms with van der Waals surface area (Å²) in [5, 5.41) is 23.2. The first-order valence-corrected chi connectivity index (χ1v) is 8.83. The number of ether oxygens (including phenoxy) is 1. The van der Waals surface area contributed by atoms with Gasteiger partial charge >= 0.3 is 5.97 Å². The largest absolute Gasteiger partial charge is 0.464 e. The standard InChI is InChI=1S/C20H17N5O4/c1-24-11-9-20(28,19(24)27)8-6-13-4-3-5-14(12-13)25-17-15(7-10-21-22-17)16(23-25)18(26)29-2/h3-5,7,10,12,28H,9,11H2,1-2H3/t20-/m0/s1. The van der Waals surface area contributed by atoms with Gasteiger partial charge in [0.25, 0.3) is 5.91 Å². The molecule has 0 aliphatic carbocycles. The van der Waals surface area contributed by atoms with E-state index < -0.39 is 17.5 Å². The van der Waals surface area contributed by atoms with E-state index in [0.717, 1.165) is 0 Å². The number of aliphatic hydroxyl groups is 1. The second kappa shape index (κ2) is 7.00. The monoisotopic (exact) mass is 391 g/mol. The van der Waals surface area contributed by atoms with Crippen molar-refractivity contribution in [2.45, 2.75) is 12.0 Å². The summed E-state index contributed by atoms with van der Waals surface area (Å²) in [5.41, 5.74) is 0.0175. The Morgan fingerprint density at radius 1 is 1.34 bits per heavy atom. The SMILES string of the molecule is COC(=O)c1nn(-c2cccc(C#C[C@]3(O)CCN(C)C3=O)c2)c2nnccc12. The van der Waals surface area contributed by atoms with Gasteiger partial charge in [-0.1, -0.05) is 17.9 Å². The van der Waals surface area contributed by atoms with E-state index >= 15 is 0 Å². The Bertz CT molecular complexity index is 1190. The summed E-state index contributed by atoms with van der Waals surface area (Å²) in [4.78, 5) is 25.6. The van der Waals surface area contributed by atoms with Gasteiger partial charge in [-0.2, -0.15) is 10.2 Å². The Morgan fingerprint density at radius 3 is 2.90 bits per heavy atom. The number of nitrogens with zero attached hydrogens (tertiary/aromatic N) is 5. The van der Waals surface area contributed by atoms with Crippen molar-refractivity contribution in [2.24, 2.45) is 0 Å². The molecule has 0 bridgehead atoms. The minimum absolute atomic E-state index is 0.128. The molecule has 1 fully saturated rings. The van der Waals surface area contributed by atoms with Crippen LogP contribution in [0.1, 0.15) is 22.5 Å². The number of hydrogen-bond donors (Lipinski definition) is 1. The van der Waals surface area contributed by atoms with E-state index in [1.165, 1.54) is 22.9 Å². The van der Waals surface area contributed by atoms with Crippen LogP contribution in [0.5, 0.6) is 0 Å². The van der Waals surface area contributed by atoms with Gasteiger partial charge in [0.1, 0.15) is 0 Å². The molecule has 1 saturated heterocycles. The van der Waals surface area contributed by atoms with Gasteiger partial charge in [-0.3, -0.25) is 4.79 Å². The molecule has 0 saturated carbocycles. The number of benzene rings is 1. The smallest absolute Gasteiger partial charge is 0.359 e. The highest BCUT2D eigenvalue weighted by Gasteiger charge is 2.42. The van der Waals surface area contributed by atoms with Crippen LogP contribution in [0.15, 0.2) is 36.5 Å². The normalized spacial score (nSPS) is 18.6. The Kier molecular flexibility index (Phi) is 4.48. The zero-order chi connectivity index (χ0) is 20.6. The van der Waals surface area contributed by atoms with Crippen LogP contribution in [0.2, 0.25) is 0 Å². The molecule has 29 heavy (non-hydrogen) atoms. The molecule has 1 N–H and O–H groups in total. The molecule has 2 aromatic heterocycles. The van der Waals surface area contributed by atoms with Gasteiger partial charge in [-0.05, 0) is 24.3 Å². The Balaban J connectivity index is 1.75. The third-order valence-corrected chi connectivity index (χ3v) is 4.75. The fourth-order valence-corrected chi connectivity index (χ4v) is 3.15. The van der Waals surface area contributed by atoms with Gasteiger partial charge in [0.05, 0.1) is 24.4 Å². The molecule has 146 valence electrons. The van der Waals surface area contributed by atoms with E-state index in [1.54, 1.807) is 37.4 Å². The summed E-state index contributed by atoms with van der Waals surface area (Å²) in [6, 6.07) is 8.65. The highest BCUT2D eigenvalue weighted by atomic mass is 16.5. The fourth-order valence-electron chi connectivity index (χ4n) is 3.15. The maximum Gasteiger partial charge on any atom is 0.359 e. The lowest BCUT2D eigenvalue weighted by molar-refractivity contribution is -0.137. The molecule has 4 rings (SSSR count). The Labute approximate surface area is 165 Å². The van der Waals surface area contributed by atoms with Crippen molar-refractivity contribution < 1.29 is 19.4 Å². The van der Waals surface area contributed by atoms with Crippen LogP contribution in [0, 0.1) is 11.8 Å². The third kappa shape index (κ3) is 3.19. The first kappa shape index (κ1) is 18.6. The van der Waals surface area contributed by atoms with Gasteiger partial charge in [0.15, 0.2) is 11.3 Å². The number of fused-ring (bicyclic) bond motifs is 1. The lowest BCUT2D eigenvalue weighted by Gasteiger charge is -2.13. The van der Waals surface area contributed by atoms with Gasteiger partial charge in [0, 0.05) is 25.6 Å². The third-order valence-electron chi connectivity index (χ3n) is 4.75. The second-order valence-corrected chi connectivity index (χ2v) is 6.66. The topological polar surface area (TPSA) is 110 Å². The summed E-state index contributed by atoms with van der Waals surface area (Å²) in [6.07, 6.45) is 1.73. The number of esters is 1. The van der Waals surface area contributed by atoms with Crippen molar-refractivity contribution in [3.8, 4) is 17.5 Å². The van der Waals surface area contributed by atoms with Crippen LogP contribution in [0.3, 0.4) is 0 Å². The number of aromatic nitrogens is 4. The Morgan fingerprint density at radius 2 is 2.17 bits per heavy atom. The zero-order valence-electron chi connectivity index (χ0n) is 15.8. The summed E-state index contributed by atoms with van der Waals surface area (Å²) < 4.78 is 6.27. The highest BCUT2D eigenvalue weighted by Crippen LogP contribution is 2.22. The molecule has 9 heteroatoms. The van der Waals surface area contributed by atoms with Gasteiger partial charge < -0.3 is 14.7 Å². The van der Waals surface area contributed by atoms with E-state index in [-0.39, 0.29) is 12.1 Å². The van der Waals surface area contributed by atoms with E-state index in [9.17, 15) is 14.7 Å². The number of carbonyl (C=O) groups is 2. The molecule has 3 heterocycles. The average molecular weight is 391 g/mol. The molecule has 3 aromatic rings. The molecule has 0 spiro atoms. The maximum absolute atomic E-state index is 12.1. The molecule has 1 aromatic carbocycles. The first-order chi connectivity index (χ1) is 13.9. The van der Waals surface area contributed by atoms with Crippen molar-refractivity contribution in [3.05, 3.63) is 47.8 Å². The minimum Gasteiger partial charge on any atom is -0.464 e. The predicted octanol–water partition coefficient (Wildman–Crippen LogP) is 0.547. The van der Waals surface area contributed by atoms with Crippen molar-refractivity contribution in [2.75, 3.05) is 20.7 Å². The second-order valence-electron chi connectivity index (χ2n) is 6.66. The van der Waals surface area contributed by atoms with E-state index in [4.69, 9.17) is 4.74 Å². The molecule has 1 atom stereocenters. The minimum atomic E-state index is -1.67. The van der Waals surface area contributed by atoms with Crippen LogP contribution in [0.4, 0.5) is 0 Å². The number of rotatable bonds is 2. The van der Waals surface area contributed by atoms with Crippen LogP contribution in [0.25, 0.3) is 16.7 Å². The van der Waals surface area contributed by atoms with E-state index in [1.807, 2.05) is 0 Å². The maximum atomic E-state index is 12.1. The molecule has 1 aliphatic rings. The van der Waals surface area contributed by atoms with E-state index in [0.29, 0.717) is 28.8 Å². The van der Waals surface area contributed by atoms with Crippen molar-refractivity contribution in [3.63, 3.8) is 0 Å². The van der Waals surface area contributed by atoms with Gasteiger partial charge in [0.2, 0.25) is 5.60 Å². The summed E-state index contributed by atoms with van der Waals surface area (Å²) >= 11 is 0. The molecule has 0 unspecified atom stereocenters. The highest BCUT2D eigenvalue weighted by molar-refractivity contribution is 6.01. The molecule has 1 aliphatic heterocycles. The van der Waals surface area contributed by atoms with Crippen molar-refractivity contribution in [1.82, 2.24) is 24.9 Å². The quantitative estimate of drug-likeness (QED) is 0.502. The summed E-state index contributed by atoms with van der Waals surface area (Å²) in [7, 11) is 2.91. The van der Waals surface area contributed by atoms with E-state index in [2.05, 4.69) is 27.1 Å². The van der Waals surface area contributed by atoms with Crippen LogP contribution >= 0.6 is 0 Å². The number of amides is 1. The van der Waals surface area contributed by atoms with Crippen molar-refractivity contribution >= 4 is 22.9 Å². The summed E-state index contributed by atoms with van der Waals surface area (Å²) in [6.45, 7) is 0.457. The molecule has 1 amide bonds. The molecule has 9 nitrogen and oxygen atoms in total. The molecular formula is C20H17N5O4. The number of likely N-dealkylation sites (tertiary alicyclic amines) is 1. The first-order valence-electron chi connectivity index (χ1n) is 8.83. The number of methoxy groups -OCH3 is 1. The van der Waals surface area contributed by atoms with Crippen LogP contribution in [-0.2, 0) is 9.53 Å². The zero-order valence-corrected chi connectivity index (χ0v) is 15.8. The number of hydrogen-bond acceptors (Lipinski definition) is 7. The lowest BCUT2D eigenvalue weighted by atomic mass is 10.0. The Hall–Kier alpha value is -3.77. The number of likely N-dealkylation sites (N-methyl/N-ethyl adjacent to an activating group) is 1. The van der Waals surface area contributed by atoms with Crippen LogP contribution < -0.4 is 0 Å². The van der Waals surface area contributed by atoms with Gasteiger partial charge in [-0.25, -0.2) is 9.48 Å². The molecular weight excluding hydrogens is 374 g/mol. The fraction of sp³-hybridized carbons (Fsp3) is 0.250.